The summed E-state index contributed by atoms with van der Waals surface area (Å²) in [6, 6.07) is 21.7. The molecule has 1 aliphatic heterocycles. The number of ether oxygens (including phenoxy) is 2. The maximum Gasteiger partial charge on any atom is 0.379 e. The number of thioether (sulfide) groups is 1. The van der Waals surface area contributed by atoms with Crippen molar-refractivity contribution >= 4 is 45.7 Å². The summed E-state index contributed by atoms with van der Waals surface area (Å²) in [5.74, 6) is -0.380. The fraction of sp³-hybridized carbons (Fsp3) is 0.107. The van der Waals surface area contributed by atoms with Crippen LogP contribution in [0.15, 0.2) is 88.4 Å². The van der Waals surface area contributed by atoms with Crippen LogP contribution in [0.25, 0.3) is 16.8 Å². The Labute approximate surface area is 211 Å². The van der Waals surface area contributed by atoms with Crippen LogP contribution in [0.2, 0.25) is 0 Å². The number of imide groups is 1. The number of esters is 1. The number of furan rings is 1. The van der Waals surface area contributed by atoms with E-state index >= 15 is 0 Å². The van der Waals surface area contributed by atoms with Gasteiger partial charge in [0.25, 0.3) is 11.1 Å². The van der Waals surface area contributed by atoms with Gasteiger partial charge in [0.2, 0.25) is 5.76 Å². The first-order valence-electron chi connectivity index (χ1n) is 11.3. The molecule has 0 unspecified atom stereocenters. The predicted octanol–water partition coefficient (Wildman–Crippen LogP) is 6.29. The third-order valence-electron chi connectivity index (χ3n) is 5.57. The molecule has 7 nitrogen and oxygen atoms in total. The molecule has 1 aromatic heterocycles. The Hall–Kier alpha value is -4.30. The minimum absolute atomic E-state index is 0.0707. The Morgan fingerprint density at radius 1 is 1.00 bits per heavy atom. The molecule has 1 fully saturated rings. The lowest BCUT2D eigenvalue weighted by molar-refractivity contribution is -0.123. The van der Waals surface area contributed by atoms with E-state index < -0.39 is 5.97 Å². The maximum atomic E-state index is 13.1. The van der Waals surface area contributed by atoms with Crippen molar-refractivity contribution in [2.24, 2.45) is 0 Å². The maximum absolute atomic E-state index is 13.1. The predicted molar refractivity (Wildman–Crippen MR) is 137 cm³/mol. The highest BCUT2D eigenvalue weighted by Gasteiger charge is 2.35. The summed E-state index contributed by atoms with van der Waals surface area (Å²) in [6.45, 7) is 2.34. The number of fused-ring (bicyclic) bond motifs is 1. The standard InChI is InChI=1S/C28H21NO6S/c1-2-33-24-15-18(12-13-22(24)35-27(31)23-11-6-14-34-23)16-25-26(30)29(28(32)36-25)17-20-9-5-8-19-7-3-4-10-21(19)20/h3-16H,2,17H2,1H3/b25-16-. The van der Waals surface area contributed by atoms with Gasteiger partial charge in [0, 0.05) is 0 Å². The molecule has 1 aliphatic rings. The van der Waals surface area contributed by atoms with Crippen LogP contribution in [0.1, 0.15) is 28.6 Å². The van der Waals surface area contributed by atoms with Gasteiger partial charge < -0.3 is 13.9 Å². The third kappa shape index (κ3) is 4.76. The van der Waals surface area contributed by atoms with Crippen LogP contribution in [-0.4, -0.2) is 28.6 Å². The number of carbonyl (C=O) groups is 3. The van der Waals surface area contributed by atoms with Gasteiger partial charge in [-0.05, 0) is 70.9 Å². The summed E-state index contributed by atoms with van der Waals surface area (Å²) in [4.78, 5) is 39.7. The Morgan fingerprint density at radius 2 is 1.83 bits per heavy atom. The molecule has 180 valence electrons. The molecule has 0 bridgehead atoms. The van der Waals surface area contributed by atoms with Gasteiger partial charge >= 0.3 is 5.97 Å². The van der Waals surface area contributed by atoms with E-state index in [0.717, 1.165) is 28.1 Å². The van der Waals surface area contributed by atoms with Gasteiger partial charge in [-0.15, -0.1) is 0 Å². The minimum Gasteiger partial charge on any atom is -0.490 e. The quantitative estimate of drug-likeness (QED) is 0.168. The molecule has 0 saturated carbocycles. The van der Waals surface area contributed by atoms with Gasteiger partial charge in [0.15, 0.2) is 11.5 Å². The van der Waals surface area contributed by atoms with Crippen molar-refractivity contribution in [1.82, 2.24) is 4.90 Å². The molecular weight excluding hydrogens is 478 g/mol. The van der Waals surface area contributed by atoms with Crippen LogP contribution in [0.4, 0.5) is 4.79 Å². The molecule has 36 heavy (non-hydrogen) atoms. The van der Waals surface area contributed by atoms with E-state index in [0.29, 0.717) is 22.8 Å². The van der Waals surface area contributed by atoms with Crippen LogP contribution < -0.4 is 9.47 Å². The van der Waals surface area contributed by atoms with E-state index in [4.69, 9.17) is 13.9 Å². The molecule has 5 rings (SSSR count). The number of benzene rings is 3. The normalized spacial score (nSPS) is 14.6. The zero-order valence-corrected chi connectivity index (χ0v) is 20.1. The molecule has 0 spiro atoms. The fourth-order valence-corrected chi connectivity index (χ4v) is 4.74. The highest BCUT2D eigenvalue weighted by molar-refractivity contribution is 8.18. The van der Waals surface area contributed by atoms with Crippen LogP contribution in [-0.2, 0) is 11.3 Å². The summed E-state index contributed by atoms with van der Waals surface area (Å²) in [5, 5.41) is 1.73. The zero-order valence-electron chi connectivity index (χ0n) is 19.3. The van der Waals surface area contributed by atoms with Crippen LogP contribution in [0.3, 0.4) is 0 Å². The van der Waals surface area contributed by atoms with Crippen molar-refractivity contribution in [3.63, 3.8) is 0 Å². The Kier molecular flexibility index (Phi) is 6.60. The first-order valence-corrected chi connectivity index (χ1v) is 12.1. The van der Waals surface area contributed by atoms with Crippen molar-refractivity contribution < 1.29 is 28.3 Å². The Morgan fingerprint density at radius 3 is 2.64 bits per heavy atom. The van der Waals surface area contributed by atoms with Gasteiger partial charge in [-0.25, -0.2) is 4.79 Å². The van der Waals surface area contributed by atoms with Gasteiger partial charge in [0.05, 0.1) is 24.3 Å². The third-order valence-corrected chi connectivity index (χ3v) is 6.48. The molecule has 2 heterocycles. The highest BCUT2D eigenvalue weighted by Crippen LogP contribution is 2.36. The summed E-state index contributed by atoms with van der Waals surface area (Å²) in [6.07, 6.45) is 3.02. The molecule has 1 saturated heterocycles. The molecule has 8 heteroatoms. The Balaban J connectivity index is 1.37. The van der Waals surface area contributed by atoms with Gasteiger partial charge in [0.1, 0.15) is 0 Å². The van der Waals surface area contributed by atoms with E-state index in [1.165, 1.54) is 17.2 Å². The van der Waals surface area contributed by atoms with Crippen LogP contribution >= 0.6 is 11.8 Å². The lowest BCUT2D eigenvalue weighted by atomic mass is 10.0. The Bertz CT molecular complexity index is 1490. The molecule has 0 atom stereocenters. The number of hydrogen-bond donors (Lipinski definition) is 0. The van der Waals surface area contributed by atoms with Crippen molar-refractivity contribution in [2.75, 3.05) is 6.61 Å². The fourth-order valence-electron chi connectivity index (χ4n) is 3.90. The summed E-state index contributed by atoms with van der Waals surface area (Å²) >= 11 is 0.894. The second-order valence-electron chi connectivity index (χ2n) is 7.91. The minimum atomic E-state index is -0.650. The average Bonchev–Trinajstić information content (AvgIpc) is 3.51. The lowest BCUT2D eigenvalue weighted by Gasteiger charge is -2.14. The molecule has 4 aromatic rings. The van der Waals surface area contributed by atoms with Gasteiger partial charge in [-0.2, -0.15) is 0 Å². The number of amides is 2. The van der Waals surface area contributed by atoms with Crippen LogP contribution in [0.5, 0.6) is 11.5 Å². The molecule has 2 amide bonds. The average molecular weight is 500 g/mol. The van der Waals surface area contributed by atoms with Gasteiger partial charge in [-0.1, -0.05) is 48.5 Å². The number of rotatable bonds is 7. The molecular formula is C28H21NO6S. The molecule has 0 radical (unpaired) electrons. The number of carbonyl (C=O) groups excluding carboxylic acids is 3. The van der Waals surface area contributed by atoms with Gasteiger partial charge in [-0.3, -0.25) is 14.5 Å². The monoisotopic (exact) mass is 499 g/mol. The van der Waals surface area contributed by atoms with E-state index in [9.17, 15) is 14.4 Å². The van der Waals surface area contributed by atoms with E-state index in [1.54, 1.807) is 30.3 Å². The molecule has 0 N–H and O–H groups in total. The first-order chi connectivity index (χ1) is 17.5. The zero-order chi connectivity index (χ0) is 25.1. The van der Waals surface area contributed by atoms with Crippen molar-refractivity contribution in [3.05, 3.63) is 101 Å². The highest BCUT2D eigenvalue weighted by atomic mass is 32.2. The van der Waals surface area contributed by atoms with E-state index in [2.05, 4.69) is 0 Å². The van der Waals surface area contributed by atoms with Crippen molar-refractivity contribution in [1.29, 1.82) is 0 Å². The van der Waals surface area contributed by atoms with E-state index in [-0.39, 0.29) is 29.2 Å². The summed E-state index contributed by atoms with van der Waals surface area (Å²) in [5.41, 5.74) is 1.53. The molecule has 0 aliphatic carbocycles. The number of hydrogen-bond acceptors (Lipinski definition) is 7. The largest absolute Gasteiger partial charge is 0.490 e. The first kappa shape index (κ1) is 23.4. The second-order valence-corrected chi connectivity index (χ2v) is 8.91. The number of nitrogens with zero attached hydrogens (tertiary/aromatic N) is 1. The van der Waals surface area contributed by atoms with Crippen LogP contribution in [0, 0.1) is 0 Å². The molecule has 3 aromatic carbocycles. The van der Waals surface area contributed by atoms with E-state index in [1.807, 2.05) is 49.4 Å². The SMILES string of the molecule is CCOc1cc(/C=C2\SC(=O)N(Cc3cccc4ccccc34)C2=O)ccc1OC(=O)c1ccco1. The summed E-state index contributed by atoms with van der Waals surface area (Å²) in [7, 11) is 0. The van der Waals surface area contributed by atoms with Crippen molar-refractivity contribution in [3.8, 4) is 11.5 Å². The van der Waals surface area contributed by atoms with Crippen molar-refractivity contribution in [2.45, 2.75) is 13.5 Å². The smallest absolute Gasteiger partial charge is 0.379 e. The second kappa shape index (κ2) is 10.1. The lowest BCUT2D eigenvalue weighted by Crippen LogP contribution is -2.27. The topological polar surface area (TPSA) is 86.0 Å². The summed E-state index contributed by atoms with van der Waals surface area (Å²) < 4.78 is 16.1.